The molecule has 136 valence electrons. The monoisotopic (exact) mass is 363 g/mol. The van der Waals surface area contributed by atoms with Crippen molar-refractivity contribution in [3.05, 3.63) is 53.9 Å². The Hall–Kier alpha value is -2.35. The summed E-state index contributed by atoms with van der Waals surface area (Å²) >= 11 is 0. The lowest BCUT2D eigenvalue weighted by Crippen LogP contribution is -2.39. The zero-order valence-electron chi connectivity index (χ0n) is 14.6. The van der Waals surface area contributed by atoms with Crippen LogP contribution in [0.3, 0.4) is 0 Å². The van der Waals surface area contributed by atoms with E-state index in [1.54, 1.807) is 20.2 Å². The van der Waals surface area contributed by atoms with Crippen molar-refractivity contribution in [2.45, 2.75) is 20.0 Å². The second-order valence-corrected chi connectivity index (χ2v) is 8.03. The van der Waals surface area contributed by atoms with Crippen molar-refractivity contribution < 1.29 is 8.42 Å². The number of sulfone groups is 1. The first kappa shape index (κ1) is 19.0. The van der Waals surface area contributed by atoms with Crippen LogP contribution in [0, 0.1) is 0 Å². The molecule has 0 aliphatic carbocycles. The predicted octanol–water partition coefficient (Wildman–Crippen LogP) is 1.03. The van der Waals surface area contributed by atoms with E-state index in [0.29, 0.717) is 25.6 Å². The molecule has 8 heteroatoms. The summed E-state index contributed by atoms with van der Waals surface area (Å²) in [5.41, 5.74) is 2.31. The van der Waals surface area contributed by atoms with Crippen LogP contribution >= 0.6 is 0 Å². The van der Waals surface area contributed by atoms with Crippen LogP contribution in [0.1, 0.15) is 18.1 Å². The van der Waals surface area contributed by atoms with E-state index in [0.717, 1.165) is 5.56 Å². The van der Waals surface area contributed by atoms with Gasteiger partial charge in [-0.25, -0.2) is 8.42 Å². The van der Waals surface area contributed by atoms with Gasteiger partial charge in [-0.15, -0.1) is 0 Å². The van der Waals surface area contributed by atoms with E-state index in [4.69, 9.17) is 0 Å². The van der Waals surface area contributed by atoms with Crippen molar-refractivity contribution in [2.24, 2.45) is 4.99 Å². The van der Waals surface area contributed by atoms with Crippen molar-refractivity contribution in [1.29, 1.82) is 0 Å². The summed E-state index contributed by atoms with van der Waals surface area (Å²) in [4.78, 5) is 4.14. The summed E-state index contributed by atoms with van der Waals surface area (Å²) in [6, 6.07) is 10.0. The molecule has 0 bridgehead atoms. The zero-order chi connectivity index (χ0) is 18.1. The van der Waals surface area contributed by atoms with Gasteiger partial charge in [-0.05, 0) is 17.2 Å². The van der Waals surface area contributed by atoms with Gasteiger partial charge >= 0.3 is 0 Å². The third-order valence-corrected chi connectivity index (χ3v) is 5.53. The normalized spacial score (nSPS) is 12.2. The Labute approximate surface area is 149 Å². The number of nitrogens with zero attached hydrogens (tertiary/aromatic N) is 3. The number of hydrogen-bond donors (Lipinski definition) is 2. The molecule has 0 saturated heterocycles. The van der Waals surface area contributed by atoms with Crippen molar-refractivity contribution in [3.63, 3.8) is 0 Å². The maximum absolute atomic E-state index is 11.5. The van der Waals surface area contributed by atoms with Gasteiger partial charge < -0.3 is 10.6 Å². The fourth-order valence-electron chi connectivity index (χ4n) is 2.32. The Morgan fingerprint density at radius 1 is 1.20 bits per heavy atom. The largest absolute Gasteiger partial charge is 0.355 e. The van der Waals surface area contributed by atoms with Gasteiger partial charge in [0.15, 0.2) is 15.8 Å². The summed E-state index contributed by atoms with van der Waals surface area (Å²) in [5.74, 6) is 0.835. The van der Waals surface area contributed by atoms with Gasteiger partial charge in [0.05, 0.1) is 12.3 Å². The second-order valence-electron chi connectivity index (χ2n) is 5.56. The van der Waals surface area contributed by atoms with Crippen molar-refractivity contribution >= 4 is 15.8 Å². The first-order valence-corrected chi connectivity index (χ1v) is 10.1. The minimum absolute atomic E-state index is 0.0973. The maximum atomic E-state index is 11.5. The molecule has 2 aromatic rings. The average molecular weight is 363 g/mol. The van der Waals surface area contributed by atoms with Crippen molar-refractivity contribution in [3.8, 4) is 0 Å². The third kappa shape index (κ3) is 6.22. The van der Waals surface area contributed by atoms with Gasteiger partial charge in [-0.2, -0.15) is 5.10 Å². The molecule has 0 atom stereocenters. The molecule has 0 spiro atoms. The summed E-state index contributed by atoms with van der Waals surface area (Å²) in [5, 5.41) is 10.5. The highest BCUT2D eigenvalue weighted by Crippen LogP contribution is 2.10. The minimum atomic E-state index is -2.98. The Kier molecular flexibility index (Phi) is 7.00. The molecule has 0 unspecified atom stereocenters. The SMILES string of the molecule is CCS(=O)(=O)CCNC(=NC)NCc1ccccc1Cn1cccn1. The molecule has 1 heterocycles. The maximum Gasteiger partial charge on any atom is 0.191 e. The van der Waals surface area contributed by atoms with Crippen LogP contribution < -0.4 is 10.6 Å². The predicted molar refractivity (Wildman–Crippen MR) is 100 cm³/mol. The molecule has 1 aromatic heterocycles. The molecule has 0 saturated carbocycles. The summed E-state index contributed by atoms with van der Waals surface area (Å²) in [7, 11) is -1.32. The highest BCUT2D eigenvalue weighted by molar-refractivity contribution is 7.91. The van der Waals surface area contributed by atoms with Crippen LogP contribution in [0.4, 0.5) is 0 Å². The number of hydrogen-bond acceptors (Lipinski definition) is 4. The van der Waals surface area contributed by atoms with Crippen LogP contribution in [0.5, 0.6) is 0 Å². The highest BCUT2D eigenvalue weighted by atomic mass is 32.2. The first-order valence-electron chi connectivity index (χ1n) is 8.23. The third-order valence-electron chi connectivity index (χ3n) is 3.83. The van der Waals surface area contributed by atoms with Gasteiger partial charge in [0.1, 0.15) is 0 Å². The molecule has 2 N–H and O–H groups in total. The van der Waals surface area contributed by atoms with Gasteiger partial charge in [0.25, 0.3) is 0 Å². The van der Waals surface area contributed by atoms with Crippen LogP contribution in [0.15, 0.2) is 47.7 Å². The molecule has 2 rings (SSSR count). The topological polar surface area (TPSA) is 88.4 Å². The first-order chi connectivity index (χ1) is 12.0. The van der Waals surface area contributed by atoms with E-state index >= 15 is 0 Å². The Balaban J connectivity index is 1.91. The van der Waals surface area contributed by atoms with Crippen LogP contribution in [-0.2, 0) is 22.9 Å². The Bertz CT molecular complexity index is 785. The Morgan fingerprint density at radius 2 is 1.96 bits per heavy atom. The van der Waals surface area contributed by atoms with E-state index in [1.807, 2.05) is 29.1 Å². The summed E-state index contributed by atoms with van der Waals surface area (Å²) in [6.07, 6.45) is 3.69. The fraction of sp³-hybridized carbons (Fsp3) is 0.412. The van der Waals surface area contributed by atoms with Crippen LogP contribution in [0.2, 0.25) is 0 Å². The second kappa shape index (κ2) is 9.22. The molecule has 0 fully saturated rings. The lowest BCUT2D eigenvalue weighted by Gasteiger charge is -2.14. The van der Waals surface area contributed by atoms with E-state index in [2.05, 4.69) is 32.9 Å². The number of rotatable bonds is 8. The smallest absolute Gasteiger partial charge is 0.191 e. The summed E-state index contributed by atoms with van der Waals surface area (Å²) < 4.78 is 24.9. The number of nitrogens with one attached hydrogen (secondary N) is 2. The molecular formula is C17H25N5O2S. The number of aromatic nitrogens is 2. The quantitative estimate of drug-likeness (QED) is 0.540. The van der Waals surface area contributed by atoms with Gasteiger partial charge in [-0.3, -0.25) is 9.67 Å². The highest BCUT2D eigenvalue weighted by Gasteiger charge is 2.08. The molecule has 1 aromatic carbocycles. The summed E-state index contributed by atoms with van der Waals surface area (Å²) in [6.45, 7) is 3.28. The van der Waals surface area contributed by atoms with Crippen molar-refractivity contribution in [1.82, 2.24) is 20.4 Å². The van der Waals surface area contributed by atoms with E-state index in [9.17, 15) is 8.42 Å². The van der Waals surface area contributed by atoms with E-state index in [1.165, 1.54) is 5.56 Å². The number of aliphatic imine (C=N–C) groups is 1. The van der Waals surface area contributed by atoms with Crippen LogP contribution in [-0.4, -0.2) is 49.3 Å². The molecule has 0 aliphatic heterocycles. The van der Waals surface area contributed by atoms with Gasteiger partial charge in [-0.1, -0.05) is 31.2 Å². The molecule has 0 radical (unpaired) electrons. The molecule has 25 heavy (non-hydrogen) atoms. The molecule has 0 amide bonds. The lowest BCUT2D eigenvalue weighted by molar-refractivity contribution is 0.595. The zero-order valence-corrected chi connectivity index (χ0v) is 15.5. The number of guanidine groups is 1. The number of benzene rings is 1. The van der Waals surface area contributed by atoms with E-state index in [-0.39, 0.29) is 11.5 Å². The van der Waals surface area contributed by atoms with Gasteiger partial charge in [0, 0.05) is 38.3 Å². The Morgan fingerprint density at radius 3 is 2.60 bits per heavy atom. The average Bonchev–Trinajstić information content (AvgIpc) is 3.12. The van der Waals surface area contributed by atoms with Gasteiger partial charge in [0.2, 0.25) is 0 Å². The molecular weight excluding hydrogens is 338 g/mol. The van der Waals surface area contributed by atoms with Crippen LogP contribution in [0.25, 0.3) is 0 Å². The van der Waals surface area contributed by atoms with E-state index < -0.39 is 9.84 Å². The lowest BCUT2D eigenvalue weighted by atomic mass is 10.1. The van der Waals surface area contributed by atoms with Crippen molar-refractivity contribution in [2.75, 3.05) is 25.1 Å². The molecule has 7 nitrogen and oxygen atoms in total. The molecule has 0 aliphatic rings. The minimum Gasteiger partial charge on any atom is -0.355 e. The standard InChI is InChI=1S/C17H25N5O2S/c1-3-25(23,24)12-10-19-17(18-2)20-13-15-7-4-5-8-16(15)14-22-11-6-9-21-22/h4-9,11H,3,10,12-14H2,1-2H3,(H2,18,19,20). The fourth-order valence-corrected chi connectivity index (χ4v) is 3.02.